The van der Waals surface area contributed by atoms with Crippen LogP contribution in [0.15, 0.2) is 23.2 Å². The lowest BCUT2D eigenvalue weighted by molar-refractivity contribution is 0.0600. The van der Waals surface area contributed by atoms with E-state index in [1.165, 1.54) is 7.11 Å². The molecule has 0 atom stereocenters. The molecule has 0 aliphatic rings. The fourth-order valence-corrected chi connectivity index (χ4v) is 2.50. The fraction of sp³-hybridized carbons (Fsp3) is 0.250. The van der Waals surface area contributed by atoms with Gasteiger partial charge in [-0.25, -0.2) is 4.79 Å². The Kier molecular flexibility index (Phi) is 2.92. The molecule has 0 spiro atoms. The van der Waals surface area contributed by atoms with Crippen LogP contribution in [-0.4, -0.2) is 24.3 Å². The van der Waals surface area contributed by atoms with Gasteiger partial charge in [0.05, 0.1) is 12.7 Å². The zero-order valence-electron chi connectivity index (χ0n) is 9.46. The highest BCUT2D eigenvalue weighted by Crippen LogP contribution is 2.30. The zero-order chi connectivity index (χ0) is 11.7. The second-order valence-corrected chi connectivity index (χ2v) is 4.36. The van der Waals surface area contributed by atoms with E-state index in [9.17, 15) is 4.79 Å². The number of methoxy groups -OCH3 is 1. The van der Waals surface area contributed by atoms with E-state index in [-0.39, 0.29) is 5.97 Å². The van der Waals surface area contributed by atoms with Crippen LogP contribution in [0.4, 0.5) is 0 Å². The Morgan fingerprint density at radius 1 is 1.44 bits per heavy atom. The number of nitrogens with one attached hydrogen (secondary N) is 1. The first-order chi connectivity index (χ1) is 7.69. The van der Waals surface area contributed by atoms with E-state index in [0.29, 0.717) is 5.56 Å². The summed E-state index contributed by atoms with van der Waals surface area (Å²) >= 11 is 1.66. The topological polar surface area (TPSA) is 42.1 Å². The van der Waals surface area contributed by atoms with Crippen molar-refractivity contribution in [1.82, 2.24) is 4.98 Å². The van der Waals surface area contributed by atoms with Gasteiger partial charge in [0.15, 0.2) is 0 Å². The SMILES string of the molecule is COC(=O)c1ccc2[nH]cc(SC)c2c1C. The van der Waals surface area contributed by atoms with E-state index >= 15 is 0 Å². The van der Waals surface area contributed by atoms with Crippen LogP contribution in [0.1, 0.15) is 15.9 Å². The van der Waals surface area contributed by atoms with Crippen LogP contribution in [0.2, 0.25) is 0 Å². The lowest BCUT2D eigenvalue weighted by atomic mass is 10.0. The van der Waals surface area contributed by atoms with E-state index in [0.717, 1.165) is 21.4 Å². The molecule has 2 aromatic rings. The Labute approximate surface area is 98.2 Å². The number of carbonyl (C=O) groups excluding carboxylic acids is 1. The quantitative estimate of drug-likeness (QED) is 0.642. The largest absolute Gasteiger partial charge is 0.465 e. The van der Waals surface area contributed by atoms with Crippen molar-refractivity contribution in [3.63, 3.8) is 0 Å². The maximum atomic E-state index is 11.6. The third-order valence-corrected chi connectivity index (χ3v) is 3.46. The summed E-state index contributed by atoms with van der Waals surface area (Å²) in [5, 5.41) is 1.11. The van der Waals surface area contributed by atoms with Crippen LogP contribution in [0.3, 0.4) is 0 Å². The summed E-state index contributed by atoms with van der Waals surface area (Å²) in [5.41, 5.74) is 2.65. The first-order valence-electron chi connectivity index (χ1n) is 4.92. The number of aromatic nitrogens is 1. The normalized spacial score (nSPS) is 10.7. The van der Waals surface area contributed by atoms with E-state index in [1.54, 1.807) is 17.8 Å². The molecular formula is C12H13NO2S. The molecule has 0 amide bonds. The van der Waals surface area contributed by atoms with Gasteiger partial charge in [0.1, 0.15) is 0 Å². The van der Waals surface area contributed by atoms with Gasteiger partial charge in [-0.2, -0.15) is 0 Å². The number of carbonyl (C=O) groups is 1. The number of benzene rings is 1. The van der Waals surface area contributed by atoms with Crippen LogP contribution in [0, 0.1) is 6.92 Å². The standard InChI is InChI=1S/C12H13NO2S/c1-7-8(12(14)15-2)4-5-9-11(7)10(16-3)6-13-9/h4-6,13H,1-3H3. The average molecular weight is 235 g/mol. The van der Waals surface area contributed by atoms with Crippen LogP contribution >= 0.6 is 11.8 Å². The summed E-state index contributed by atoms with van der Waals surface area (Å²) in [6.07, 6.45) is 3.98. The molecule has 0 bridgehead atoms. The smallest absolute Gasteiger partial charge is 0.338 e. The number of H-pyrrole nitrogens is 1. The first-order valence-corrected chi connectivity index (χ1v) is 6.14. The molecule has 4 heteroatoms. The van der Waals surface area contributed by atoms with Gasteiger partial charge < -0.3 is 9.72 Å². The number of ether oxygens (including phenoxy) is 1. The Hall–Kier alpha value is -1.42. The van der Waals surface area contributed by atoms with E-state index in [2.05, 4.69) is 4.98 Å². The fourth-order valence-electron chi connectivity index (χ4n) is 1.86. The van der Waals surface area contributed by atoms with Crippen molar-refractivity contribution in [2.45, 2.75) is 11.8 Å². The maximum absolute atomic E-state index is 11.6. The van der Waals surface area contributed by atoms with Crippen molar-refractivity contribution in [3.8, 4) is 0 Å². The molecule has 84 valence electrons. The van der Waals surface area contributed by atoms with Gasteiger partial charge in [0.25, 0.3) is 0 Å². The minimum absolute atomic E-state index is 0.285. The number of aryl methyl sites for hydroxylation is 1. The molecule has 0 fully saturated rings. The molecule has 0 aliphatic heterocycles. The number of thioether (sulfide) groups is 1. The first kappa shape index (κ1) is 11.1. The highest BCUT2D eigenvalue weighted by Gasteiger charge is 2.14. The summed E-state index contributed by atoms with van der Waals surface area (Å²) in [4.78, 5) is 15.9. The lowest BCUT2D eigenvalue weighted by Crippen LogP contribution is -2.03. The van der Waals surface area contributed by atoms with Crippen LogP contribution in [0.5, 0.6) is 0 Å². The Bertz CT molecular complexity index is 545. The predicted molar refractivity (Wildman–Crippen MR) is 66.2 cm³/mol. The van der Waals surface area contributed by atoms with Gasteiger partial charge in [-0.05, 0) is 30.9 Å². The number of esters is 1. The third kappa shape index (κ3) is 1.59. The van der Waals surface area contributed by atoms with Crippen molar-refractivity contribution >= 4 is 28.6 Å². The van der Waals surface area contributed by atoms with Crippen LogP contribution in [0.25, 0.3) is 10.9 Å². The lowest BCUT2D eigenvalue weighted by Gasteiger charge is -2.06. The van der Waals surface area contributed by atoms with E-state index in [4.69, 9.17) is 4.74 Å². The summed E-state index contributed by atoms with van der Waals surface area (Å²) in [7, 11) is 1.40. The summed E-state index contributed by atoms with van der Waals surface area (Å²) in [6.45, 7) is 1.95. The predicted octanol–water partition coefficient (Wildman–Crippen LogP) is 2.98. The molecule has 0 aliphatic carbocycles. The molecule has 0 saturated heterocycles. The third-order valence-electron chi connectivity index (χ3n) is 2.70. The highest BCUT2D eigenvalue weighted by atomic mass is 32.2. The number of aromatic amines is 1. The second kappa shape index (κ2) is 4.22. The molecule has 1 N–H and O–H groups in total. The molecule has 1 aromatic carbocycles. The molecule has 0 radical (unpaired) electrons. The average Bonchev–Trinajstić information content (AvgIpc) is 2.72. The van der Waals surface area contributed by atoms with Gasteiger partial charge in [0.2, 0.25) is 0 Å². The van der Waals surface area contributed by atoms with Gasteiger partial charge in [-0.15, -0.1) is 11.8 Å². The van der Waals surface area contributed by atoms with Crippen molar-refractivity contribution < 1.29 is 9.53 Å². The van der Waals surface area contributed by atoms with E-state index in [1.807, 2.05) is 25.4 Å². The minimum atomic E-state index is -0.285. The Morgan fingerprint density at radius 3 is 2.81 bits per heavy atom. The zero-order valence-corrected chi connectivity index (χ0v) is 10.3. The molecule has 16 heavy (non-hydrogen) atoms. The Morgan fingerprint density at radius 2 is 2.19 bits per heavy atom. The Balaban J connectivity index is 2.71. The van der Waals surface area contributed by atoms with Gasteiger partial charge in [-0.3, -0.25) is 0 Å². The highest BCUT2D eigenvalue weighted by molar-refractivity contribution is 7.98. The van der Waals surface area contributed by atoms with Gasteiger partial charge in [0, 0.05) is 22.0 Å². The molecule has 1 heterocycles. The van der Waals surface area contributed by atoms with Crippen LogP contribution < -0.4 is 0 Å². The van der Waals surface area contributed by atoms with Crippen molar-refractivity contribution in [2.24, 2.45) is 0 Å². The summed E-state index contributed by atoms with van der Waals surface area (Å²) in [6, 6.07) is 3.71. The number of fused-ring (bicyclic) bond motifs is 1. The van der Waals surface area contributed by atoms with Gasteiger partial charge >= 0.3 is 5.97 Å². The number of rotatable bonds is 2. The van der Waals surface area contributed by atoms with Crippen molar-refractivity contribution in [1.29, 1.82) is 0 Å². The maximum Gasteiger partial charge on any atom is 0.338 e. The van der Waals surface area contributed by atoms with Gasteiger partial charge in [-0.1, -0.05) is 0 Å². The molecule has 2 rings (SSSR count). The molecule has 1 aromatic heterocycles. The summed E-state index contributed by atoms with van der Waals surface area (Å²) in [5.74, 6) is -0.285. The van der Waals surface area contributed by atoms with Crippen LogP contribution in [-0.2, 0) is 4.74 Å². The number of hydrogen-bond donors (Lipinski definition) is 1. The van der Waals surface area contributed by atoms with Crippen molar-refractivity contribution in [2.75, 3.05) is 13.4 Å². The minimum Gasteiger partial charge on any atom is -0.465 e. The molecule has 0 saturated carbocycles. The van der Waals surface area contributed by atoms with Crippen molar-refractivity contribution in [3.05, 3.63) is 29.5 Å². The molecule has 3 nitrogen and oxygen atoms in total. The summed E-state index contributed by atoms with van der Waals surface area (Å²) < 4.78 is 4.76. The van der Waals surface area contributed by atoms with E-state index < -0.39 is 0 Å². The monoisotopic (exact) mass is 235 g/mol. The second-order valence-electron chi connectivity index (χ2n) is 3.51. The molecular weight excluding hydrogens is 222 g/mol. The molecule has 0 unspecified atom stereocenters. The number of hydrogen-bond acceptors (Lipinski definition) is 3.